The Morgan fingerprint density at radius 2 is 1.72 bits per heavy atom. The molecule has 1 N–H and O–H groups in total. The van der Waals surface area contributed by atoms with Crippen molar-refractivity contribution in [2.24, 2.45) is 0 Å². The molecule has 4 heteroatoms. The van der Waals surface area contributed by atoms with Gasteiger partial charge in [-0.25, -0.2) is 0 Å². The molecule has 0 aliphatic carbocycles. The molecule has 3 rings (SSSR count). The van der Waals surface area contributed by atoms with Gasteiger partial charge in [0.15, 0.2) is 0 Å². The van der Waals surface area contributed by atoms with Gasteiger partial charge >= 0.3 is 0 Å². The molecule has 1 aromatic carbocycles. The van der Waals surface area contributed by atoms with Gasteiger partial charge in [-0.15, -0.1) is 0 Å². The molecule has 0 amide bonds. The van der Waals surface area contributed by atoms with Crippen molar-refractivity contribution in [1.29, 1.82) is 0 Å². The Hall–Kier alpha value is -3.14. The summed E-state index contributed by atoms with van der Waals surface area (Å²) in [5.41, 5.74) is 10.5. The Balaban J connectivity index is 2.08. The van der Waals surface area contributed by atoms with Gasteiger partial charge in [0.05, 0.1) is 12.2 Å². The van der Waals surface area contributed by atoms with Gasteiger partial charge in [0, 0.05) is 42.1 Å². The fraction of sp³-hybridized carbons (Fsp3) is 0.280. The van der Waals surface area contributed by atoms with Gasteiger partial charge in [0.25, 0.3) is 0 Å². The van der Waals surface area contributed by atoms with Crippen molar-refractivity contribution in [2.75, 3.05) is 5.43 Å². The highest BCUT2D eigenvalue weighted by atomic mass is 15.4. The van der Waals surface area contributed by atoms with Gasteiger partial charge in [-0.3, -0.25) is 14.6 Å². The lowest BCUT2D eigenvalue weighted by Gasteiger charge is -2.19. The van der Waals surface area contributed by atoms with Gasteiger partial charge in [-0.05, 0) is 49.4 Å². The SMILES string of the molecule is CCC(C)c1cncccc(-c2cncc(C)c2)cn1NCc1ccc(C)cc1. The van der Waals surface area contributed by atoms with Crippen LogP contribution in [0, 0.1) is 13.8 Å². The quantitative estimate of drug-likeness (QED) is 0.570. The molecule has 1 atom stereocenters. The van der Waals surface area contributed by atoms with Crippen LogP contribution in [-0.2, 0) is 6.54 Å². The molecule has 0 fully saturated rings. The monoisotopic (exact) mass is 386 g/mol. The molecule has 3 aromatic rings. The van der Waals surface area contributed by atoms with Gasteiger partial charge in [0.1, 0.15) is 0 Å². The number of aryl methyl sites for hydroxylation is 2. The Morgan fingerprint density at radius 1 is 0.931 bits per heavy atom. The minimum Gasteiger partial charge on any atom is -0.322 e. The Bertz CT molecular complexity index is 988. The molecule has 0 spiro atoms. The van der Waals surface area contributed by atoms with Crippen molar-refractivity contribution in [1.82, 2.24) is 14.6 Å². The van der Waals surface area contributed by atoms with E-state index in [1.165, 1.54) is 11.1 Å². The third-order valence-corrected chi connectivity index (χ3v) is 5.10. The van der Waals surface area contributed by atoms with E-state index in [1.54, 1.807) is 0 Å². The Labute approximate surface area is 174 Å². The maximum atomic E-state index is 4.50. The second-order valence-electron chi connectivity index (χ2n) is 7.55. The maximum absolute atomic E-state index is 4.50. The summed E-state index contributed by atoms with van der Waals surface area (Å²) in [6, 6.07) is 14.8. The number of aromatic nitrogens is 3. The molecule has 0 bridgehead atoms. The smallest absolute Gasteiger partial charge is 0.0604 e. The zero-order valence-corrected chi connectivity index (χ0v) is 17.8. The lowest BCUT2D eigenvalue weighted by Crippen LogP contribution is -2.19. The lowest BCUT2D eigenvalue weighted by atomic mass is 10.1. The number of nitrogens with one attached hydrogen (secondary N) is 1. The number of nitrogens with zero attached hydrogens (tertiary/aromatic N) is 3. The topological polar surface area (TPSA) is 42.7 Å². The van der Waals surface area contributed by atoms with Crippen LogP contribution in [-0.4, -0.2) is 14.6 Å². The zero-order valence-electron chi connectivity index (χ0n) is 17.8. The van der Waals surface area contributed by atoms with Crippen molar-refractivity contribution >= 4 is 0 Å². The van der Waals surface area contributed by atoms with E-state index in [4.69, 9.17) is 0 Å². The van der Waals surface area contributed by atoms with Crippen LogP contribution in [0.2, 0.25) is 0 Å². The highest BCUT2D eigenvalue weighted by Crippen LogP contribution is 2.21. The van der Waals surface area contributed by atoms with E-state index in [9.17, 15) is 0 Å². The molecular formula is C25H30N4. The number of pyridine rings is 1. The Kier molecular flexibility index (Phi) is 7.01. The van der Waals surface area contributed by atoms with E-state index < -0.39 is 0 Å². The normalized spacial score (nSPS) is 11.6. The van der Waals surface area contributed by atoms with E-state index >= 15 is 0 Å². The van der Waals surface area contributed by atoms with E-state index in [-0.39, 0.29) is 0 Å². The highest BCUT2D eigenvalue weighted by molar-refractivity contribution is 5.61. The standard InChI is InChI=1S/C25H30N4/c1-5-21(4)25-17-26-12-6-7-23(24-13-20(3)14-27-16-24)18-29(25)28-15-22-10-8-19(2)9-11-22/h6-14,16-18,21,28H,5,15H2,1-4H3. The highest BCUT2D eigenvalue weighted by Gasteiger charge is 2.08. The van der Waals surface area contributed by atoms with Crippen LogP contribution in [0.15, 0.2) is 73.4 Å². The van der Waals surface area contributed by atoms with Crippen LogP contribution < -0.4 is 5.43 Å². The second-order valence-corrected chi connectivity index (χ2v) is 7.55. The van der Waals surface area contributed by atoms with E-state index in [0.717, 1.165) is 35.3 Å². The summed E-state index contributed by atoms with van der Waals surface area (Å²) in [5.74, 6) is 0.365. The largest absolute Gasteiger partial charge is 0.322 e. The average molecular weight is 387 g/mol. The molecule has 2 heterocycles. The van der Waals surface area contributed by atoms with Gasteiger partial charge in [-0.1, -0.05) is 49.7 Å². The molecular weight excluding hydrogens is 356 g/mol. The number of rotatable bonds is 6. The van der Waals surface area contributed by atoms with Crippen LogP contribution >= 0.6 is 0 Å². The van der Waals surface area contributed by atoms with Crippen molar-refractivity contribution in [3.63, 3.8) is 0 Å². The summed E-state index contributed by atoms with van der Waals surface area (Å²) in [4.78, 5) is 8.87. The first-order valence-electron chi connectivity index (χ1n) is 10.2. The molecule has 0 saturated heterocycles. The van der Waals surface area contributed by atoms with Crippen molar-refractivity contribution in [2.45, 2.75) is 46.6 Å². The fourth-order valence-electron chi connectivity index (χ4n) is 3.11. The van der Waals surface area contributed by atoms with Crippen LogP contribution in [0.5, 0.6) is 0 Å². The minimum absolute atomic E-state index is 0.365. The summed E-state index contributed by atoms with van der Waals surface area (Å²) in [6.45, 7) is 9.34. The predicted molar refractivity (Wildman–Crippen MR) is 121 cm³/mol. The zero-order chi connectivity index (χ0) is 20.6. The third kappa shape index (κ3) is 5.67. The van der Waals surface area contributed by atoms with Gasteiger partial charge < -0.3 is 5.43 Å². The van der Waals surface area contributed by atoms with Crippen LogP contribution in [0.1, 0.15) is 48.6 Å². The van der Waals surface area contributed by atoms with E-state index in [2.05, 4.69) is 90.4 Å². The fourth-order valence-corrected chi connectivity index (χ4v) is 3.11. The van der Waals surface area contributed by atoms with Crippen LogP contribution in [0.4, 0.5) is 0 Å². The first-order valence-corrected chi connectivity index (χ1v) is 10.2. The third-order valence-electron chi connectivity index (χ3n) is 5.10. The molecule has 0 radical (unpaired) electrons. The molecule has 2 aromatic heterocycles. The van der Waals surface area contributed by atoms with Crippen LogP contribution in [0.25, 0.3) is 11.1 Å². The van der Waals surface area contributed by atoms with Crippen molar-refractivity contribution in [3.05, 3.63) is 95.8 Å². The maximum Gasteiger partial charge on any atom is 0.0604 e. The van der Waals surface area contributed by atoms with Crippen LogP contribution in [0.3, 0.4) is 0 Å². The van der Waals surface area contributed by atoms with Crippen molar-refractivity contribution < 1.29 is 0 Å². The molecule has 150 valence electrons. The second kappa shape index (κ2) is 9.87. The first kappa shape index (κ1) is 20.6. The van der Waals surface area contributed by atoms with E-state index in [1.807, 2.05) is 30.9 Å². The molecule has 0 aliphatic rings. The molecule has 29 heavy (non-hydrogen) atoms. The summed E-state index contributed by atoms with van der Waals surface area (Å²) < 4.78 is 2.12. The number of hydrogen-bond donors (Lipinski definition) is 1. The average Bonchev–Trinajstić information content (AvgIpc) is 2.83. The van der Waals surface area contributed by atoms with Gasteiger partial charge in [0.2, 0.25) is 0 Å². The summed E-state index contributed by atoms with van der Waals surface area (Å²) in [7, 11) is 0. The van der Waals surface area contributed by atoms with Crippen molar-refractivity contribution in [3.8, 4) is 11.1 Å². The summed E-state index contributed by atoms with van der Waals surface area (Å²) >= 11 is 0. The lowest BCUT2D eigenvalue weighted by molar-refractivity contribution is 0.648. The first-order chi connectivity index (χ1) is 14.1. The summed E-state index contributed by atoms with van der Waals surface area (Å²) in [5, 5.41) is 0. The number of hydrogen-bond acceptors (Lipinski definition) is 3. The summed E-state index contributed by atoms with van der Waals surface area (Å²) in [6.07, 6.45) is 10.8. The molecule has 0 saturated carbocycles. The molecule has 0 aliphatic heterocycles. The minimum atomic E-state index is 0.365. The van der Waals surface area contributed by atoms with E-state index in [0.29, 0.717) is 5.92 Å². The number of benzene rings is 1. The Morgan fingerprint density at radius 3 is 2.45 bits per heavy atom. The predicted octanol–water partition coefficient (Wildman–Crippen LogP) is 5.94. The molecule has 4 nitrogen and oxygen atoms in total. The van der Waals surface area contributed by atoms with Gasteiger partial charge in [-0.2, -0.15) is 0 Å². The molecule has 1 unspecified atom stereocenters.